The van der Waals surface area contributed by atoms with Crippen LogP contribution in [0.3, 0.4) is 0 Å². The highest BCUT2D eigenvalue weighted by atomic mass is 79.9. The number of hydrogen-bond donors (Lipinski definition) is 2. The molecule has 1 unspecified atom stereocenters. The molecule has 5 nitrogen and oxygen atoms in total. The average Bonchev–Trinajstić information content (AvgIpc) is 2.38. The molecular formula is C14H17BrN2O3. The highest BCUT2D eigenvalue weighted by Crippen LogP contribution is 2.23. The number of anilines is 1. The Morgan fingerprint density at radius 2 is 2.15 bits per heavy atom. The van der Waals surface area contributed by atoms with Gasteiger partial charge in [0.2, 0.25) is 0 Å². The number of carbonyl (C=O) groups excluding carboxylic acids is 1. The molecule has 1 aliphatic rings. The van der Waals surface area contributed by atoms with E-state index in [0.29, 0.717) is 12.2 Å². The molecular weight excluding hydrogens is 324 g/mol. The fourth-order valence-electron chi connectivity index (χ4n) is 2.39. The van der Waals surface area contributed by atoms with Gasteiger partial charge in [0.25, 0.3) is 0 Å². The van der Waals surface area contributed by atoms with E-state index in [-0.39, 0.29) is 17.6 Å². The summed E-state index contributed by atoms with van der Waals surface area (Å²) in [7, 11) is 0. The van der Waals surface area contributed by atoms with Crippen molar-refractivity contribution in [1.29, 1.82) is 0 Å². The largest absolute Gasteiger partial charge is 0.478 e. The molecule has 2 amide bonds. The van der Waals surface area contributed by atoms with E-state index in [2.05, 4.69) is 21.2 Å². The molecule has 6 heteroatoms. The Morgan fingerprint density at radius 1 is 1.40 bits per heavy atom. The molecule has 2 rings (SSSR count). The number of likely N-dealkylation sites (tertiary alicyclic amines) is 1. The SMILES string of the molecule is CC1CCCCN1C(=O)Nc1cc(Br)ccc1C(=O)O. The van der Waals surface area contributed by atoms with Gasteiger partial charge in [-0.2, -0.15) is 0 Å². The van der Waals surface area contributed by atoms with Crippen LogP contribution in [-0.2, 0) is 0 Å². The van der Waals surface area contributed by atoms with Crippen molar-refractivity contribution in [2.24, 2.45) is 0 Å². The minimum Gasteiger partial charge on any atom is -0.478 e. The van der Waals surface area contributed by atoms with Crippen LogP contribution < -0.4 is 5.32 Å². The van der Waals surface area contributed by atoms with Crippen LogP contribution in [-0.4, -0.2) is 34.6 Å². The molecule has 0 bridgehead atoms. The molecule has 0 aliphatic carbocycles. The molecule has 1 aromatic carbocycles. The van der Waals surface area contributed by atoms with E-state index in [1.807, 2.05) is 6.92 Å². The summed E-state index contributed by atoms with van der Waals surface area (Å²) >= 11 is 3.29. The van der Waals surface area contributed by atoms with Gasteiger partial charge in [-0.3, -0.25) is 0 Å². The normalized spacial score (nSPS) is 18.7. The standard InChI is InChI=1S/C14H17BrN2O3/c1-9-4-2-3-7-17(9)14(20)16-12-8-10(15)5-6-11(12)13(18)19/h5-6,8-9H,2-4,7H2,1H3,(H,16,20)(H,18,19). The Hall–Kier alpha value is -1.56. The van der Waals surface area contributed by atoms with Crippen LogP contribution >= 0.6 is 15.9 Å². The summed E-state index contributed by atoms with van der Waals surface area (Å²) in [5.41, 5.74) is 0.404. The van der Waals surface area contributed by atoms with Crippen molar-refractivity contribution in [3.8, 4) is 0 Å². The predicted molar refractivity (Wildman–Crippen MR) is 80.1 cm³/mol. The number of carboxylic acids is 1. The van der Waals surface area contributed by atoms with Crippen LogP contribution in [0.1, 0.15) is 36.5 Å². The summed E-state index contributed by atoms with van der Waals surface area (Å²) in [5, 5.41) is 11.9. The maximum absolute atomic E-state index is 12.3. The number of benzene rings is 1. The lowest BCUT2D eigenvalue weighted by atomic mass is 10.0. The van der Waals surface area contributed by atoms with Gasteiger partial charge in [0.15, 0.2) is 0 Å². The number of carbonyl (C=O) groups is 2. The molecule has 1 heterocycles. The number of urea groups is 1. The van der Waals surface area contributed by atoms with Crippen molar-refractivity contribution in [3.05, 3.63) is 28.2 Å². The number of aromatic carboxylic acids is 1. The molecule has 0 radical (unpaired) electrons. The minimum atomic E-state index is -1.06. The first kappa shape index (κ1) is 14.8. The second-order valence-electron chi connectivity index (χ2n) is 4.96. The number of piperidine rings is 1. The molecule has 1 saturated heterocycles. The number of hydrogen-bond acceptors (Lipinski definition) is 2. The van der Waals surface area contributed by atoms with Gasteiger partial charge in [0, 0.05) is 17.1 Å². The van der Waals surface area contributed by atoms with Gasteiger partial charge in [-0.05, 0) is 44.4 Å². The highest BCUT2D eigenvalue weighted by molar-refractivity contribution is 9.10. The number of carboxylic acid groups (broad SMARTS) is 1. The fourth-order valence-corrected chi connectivity index (χ4v) is 2.75. The van der Waals surface area contributed by atoms with Gasteiger partial charge in [-0.25, -0.2) is 9.59 Å². The molecule has 1 fully saturated rings. The van der Waals surface area contributed by atoms with Gasteiger partial charge < -0.3 is 15.3 Å². The summed E-state index contributed by atoms with van der Waals surface area (Å²) in [6.07, 6.45) is 3.10. The van der Waals surface area contributed by atoms with E-state index < -0.39 is 5.97 Å². The molecule has 0 spiro atoms. The van der Waals surface area contributed by atoms with E-state index in [9.17, 15) is 9.59 Å². The Balaban J connectivity index is 2.18. The Morgan fingerprint density at radius 3 is 2.80 bits per heavy atom. The first-order valence-electron chi connectivity index (χ1n) is 6.59. The lowest BCUT2D eigenvalue weighted by Gasteiger charge is -2.33. The van der Waals surface area contributed by atoms with E-state index >= 15 is 0 Å². The zero-order valence-corrected chi connectivity index (χ0v) is 12.8. The van der Waals surface area contributed by atoms with Crippen LogP contribution in [0.25, 0.3) is 0 Å². The van der Waals surface area contributed by atoms with Crippen molar-refractivity contribution in [3.63, 3.8) is 0 Å². The lowest BCUT2D eigenvalue weighted by molar-refractivity contribution is 0.0698. The van der Waals surface area contributed by atoms with Gasteiger partial charge in [0.1, 0.15) is 0 Å². The smallest absolute Gasteiger partial charge is 0.337 e. The first-order valence-corrected chi connectivity index (χ1v) is 7.39. The predicted octanol–water partition coefficient (Wildman–Crippen LogP) is 3.55. The molecule has 0 aromatic heterocycles. The monoisotopic (exact) mass is 340 g/mol. The van der Waals surface area contributed by atoms with Gasteiger partial charge in [-0.15, -0.1) is 0 Å². The first-order chi connectivity index (χ1) is 9.49. The maximum Gasteiger partial charge on any atom is 0.337 e. The second kappa shape index (κ2) is 6.26. The molecule has 0 saturated carbocycles. The van der Waals surface area contributed by atoms with Gasteiger partial charge >= 0.3 is 12.0 Å². The van der Waals surface area contributed by atoms with Crippen molar-refractivity contribution in [1.82, 2.24) is 4.90 Å². The zero-order chi connectivity index (χ0) is 14.7. The van der Waals surface area contributed by atoms with Crippen LogP contribution in [0.5, 0.6) is 0 Å². The summed E-state index contributed by atoms with van der Waals surface area (Å²) in [5.74, 6) is -1.06. The van der Waals surface area contributed by atoms with Gasteiger partial charge in [0.05, 0.1) is 11.3 Å². The summed E-state index contributed by atoms with van der Waals surface area (Å²) in [6, 6.07) is 4.67. The van der Waals surface area contributed by atoms with Crippen LogP contribution in [0.2, 0.25) is 0 Å². The van der Waals surface area contributed by atoms with Crippen molar-refractivity contribution in [2.75, 3.05) is 11.9 Å². The van der Waals surface area contributed by atoms with E-state index in [4.69, 9.17) is 5.11 Å². The van der Waals surface area contributed by atoms with Crippen LogP contribution in [0, 0.1) is 0 Å². The minimum absolute atomic E-state index is 0.0891. The van der Waals surface area contributed by atoms with Crippen molar-refractivity contribution >= 4 is 33.6 Å². The number of nitrogens with zero attached hydrogens (tertiary/aromatic N) is 1. The van der Waals surface area contributed by atoms with Crippen molar-refractivity contribution < 1.29 is 14.7 Å². The summed E-state index contributed by atoms with van der Waals surface area (Å²) in [6.45, 7) is 2.72. The molecule has 2 N–H and O–H groups in total. The molecule has 1 atom stereocenters. The highest BCUT2D eigenvalue weighted by Gasteiger charge is 2.24. The molecule has 108 valence electrons. The number of halogens is 1. The second-order valence-corrected chi connectivity index (χ2v) is 5.88. The Kier molecular flexibility index (Phi) is 4.65. The molecule has 1 aromatic rings. The number of amides is 2. The van der Waals surface area contributed by atoms with Gasteiger partial charge in [-0.1, -0.05) is 15.9 Å². The maximum atomic E-state index is 12.3. The van der Waals surface area contributed by atoms with E-state index in [0.717, 1.165) is 23.7 Å². The topological polar surface area (TPSA) is 69.6 Å². The van der Waals surface area contributed by atoms with E-state index in [1.54, 1.807) is 17.0 Å². The van der Waals surface area contributed by atoms with Crippen molar-refractivity contribution in [2.45, 2.75) is 32.2 Å². The third kappa shape index (κ3) is 3.30. The summed E-state index contributed by atoms with van der Waals surface area (Å²) in [4.78, 5) is 25.2. The summed E-state index contributed by atoms with van der Waals surface area (Å²) < 4.78 is 0.726. The third-order valence-electron chi connectivity index (χ3n) is 3.52. The number of rotatable bonds is 2. The average molecular weight is 341 g/mol. The third-order valence-corrected chi connectivity index (χ3v) is 4.01. The Labute approximate surface area is 126 Å². The molecule has 20 heavy (non-hydrogen) atoms. The quantitative estimate of drug-likeness (QED) is 0.864. The van der Waals surface area contributed by atoms with Crippen LogP contribution in [0.4, 0.5) is 10.5 Å². The zero-order valence-electron chi connectivity index (χ0n) is 11.2. The Bertz CT molecular complexity index is 533. The van der Waals surface area contributed by atoms with E-state index in [1.165, 1.54) is 6.07 Å². The van der Waals surface area contributed by atoms with Crippen LogP contribution in [0.15, 0.2) is 22.7 Å². The number of nitrogens with one attached hydrogen (secondary N) is 1. The lowest BCUT2D eigenvalue weighted by Crippen LogP contribution is -2.44. The molecule has 1 aliphatic heterocycles. The fraction of sp³-hybridized carbons (Fsp3) is 0.429.